The van der Waals surface area contributed by atoms with Gasteiger partial charge in [-0.05, 0) is 72.5 Å². The van der Waals surface area contributed by atoms with Crippen LogP contribution in [0.3, 0.4) is 0 Å². The summed E-state index contributed by atoms with van der Waals surface area (Å²) in [7, 11) is 0. The second kappa shape index (κ2) is 9.71. The summed E-state index contributed by atoms with van der Waals surface area (Å²) in [5, 5.41) is 23.6. The average Bonchev–Trinajstić information content (AvgIpc) is 2.80. The van der Waals surface area contributed by atoms with E-state index in [0.29, 0.717) is 23.5 Å². The van der Waals surface area contributed by atoms with E-state index in [1.807, 2.05) is 26.8 Å². The number of fused-ring (bicyclic) bond motifs is 3. The van der Waals surface area contributed by atoms with Crippen molar-refractivity contribution < 1.29 is 34.2 Å². The van der Waals surface area contributed by atoms with E-state index in [9.17, 15) is 34.2 Å². The number of carbonyl (C=O) groups is 5. The molecule has 218 valence electrons. The van der Waals surface area contributed by atoms with Crippen molar-refractivity contribution in [1.29, 1.82) is 0 Å². The largest absolute Gasteiger partial charge is 0.507 e. The SMILES string of the molecule is CC(=O)C1C(=O)C(C(C)C)[C@@]2(C)C[C@@]3(C)Cc4c(C(C)C)cc(CCC(C)C)c(O)c4C(=O)C3C(=O)[C@@]2(O)C1=O. The van der Waals surface area contributed by atoms with E-state index >= 15 is 0 Å². The zero-order valence-corrected chi connectivity index (χ0v) is 25.3. The van der Waals surface area contributed by atoms with Gasteiger partial charge in [0.15, 0.2) is 28.7 Å². The highest BCUT2D eigenvalue weighted by Gasteiger charge is 2.76. The molecule has 0 aromatic heterocycles. The quantitative estimate of drug-likeness (QED) is 0.485. The Kier molecular flexibility index (Phi) is 7.36. The van der Waals surface area contributed by atoms with Crippen molar-refractivity contribution in [2.45, 2.75) is 99.5 Å². The van der Waals surface area contributed by atoms with Crippen LogP contribution in [-0.4, -0.2) is 44.7 Å². The maximum atomic E-state index is 14.4. The van der Waals surface area contributed by atoms with E-state index in [0.717, 1.165) is 18.9 Å². The van der Waals surface area contributed by atoms with Gasteiger partial charge in [-0.25, -0.2) is 0 Å². The van der Waals surface area contributed by atoms with Crippen molar-refractivity contribution in [3.63, 3.8) is 0 Å². The lowest BCUT2D eigenvalue weighted by molar-refractivity contribution is -0.205. The third-order valence-corrected chi connectivity index (χ3v) is 10.1. The number of benzene rings is 1. The molecule has 1 aromatic carbocycles. The van der Waals surface area contributed by atoms with Crippen LogP contribution in [0.5, 0.6) is 5.75 Å². The first-order valence-corrected chi connectivity index (χ1v) is 14.6. The Hall–Kier alpha value is -2.67. The third-order valence-electron chi connectivity index (χ3n) is 10.1. The van der Waals surface area contributed by atoms with Crippen LogP contribution in [0.2, 0.25) is 0 Å². The molecule has 0 amide bonds. The molecular formula is C33H44O7. The minimum absolute atomic E-state index is 0.0458. The van der Waals surface area contributed by atoms with E-state index in [1.165, 1.54) is 0 Å². The van der Waals surface area contributed by atoms with Crippen LogP contribution in [0, 0.1) is 40.4 Å². The van der Waals surface area contributed by atoms with Gasteiger partial charge in [0.25, 0.3) is 0 Å². The number of aromatic hydroxyl groups is 1. The van der Waals surface area contributed by atoms with E-state index in [-0.39, 0.29) is 36.0 Å². The lowest BCUT2D eigenvalue weighted by Crippen LogP contribution is -2.76. The number of Topliss-reactive ketones (excluding diaryl/α,β-unsaturated/α-hetero) is 5. The third kappa shape index (κ3) is 3.98. The fourth-order valence-corrected chi connectivity index (χ4v) is 8.44. The summed E-state index contributed by atoms with van der Waals surface area (Å²) in [5.74, 6) is -8.08. The van der Waals surface area contributed by atoms with Gasteiger partial charge in [-0.3, -0.25) is 24.0 Å². The Balaban J connectivity index is 1.97. The Bertz CT molecular complexity index is 1320. The number of rotatable bonds is 6. The van der Waals surface area contributed by atoms with Crippen molar-refractivity contribution in [1.82, 2.24) is 0 Å². The summed E-state index contributed by atoms with van der Waals surface area (Å²) in [6.45, 7) is 16.3. The molecule has 0 aliphatic heterocycles. The fraction of sp³-hybridized carbons (Fsp3) is 0.667. The normalized spacial score (nSPS) is 33.9. The molecule has 0 spiro atoms. The molecule has 40 heavy (non-hydrogen) atoms. The Labute approximate surface area is 237 Å². The number of ketones is 5. The first-order chi connectivity index (χ1) is 18.3. The highest BCUT2D eigenvalue weighted by molar-refractivity contribution is 6.32. The van der Waals surface area contributed by atoms with Gasteiger partial charge in [-0.1, -0.05) is 61.5 Å². The van der Waals surface area contributed by atoms with E-state index in [1.54, 1.807) is 20.8 Å². The molecule has 2 N–H and O–H groups in total. The molecule has 0 radical (unpaired) electrons. The number of phenols is 1. The van der Waals surface area contributed by atoms with Gasteiger partial charge in [-0.15, -0.1) is 0 Å². The molecule has 4 rings (SSSR count). The lowest BCUT2D eigenvalue weighted by Gasteiger charge is -2.62. The maximum Gasteiger partial charge on any atom is 0.190 e. The second-order valence-electron chi connectivity index (χ2n) is 14.2. The highest BCUT2D eigenvalue weighted by Crippen LogP contribution is 2.64. The van der Waals surface area contributed by atoms with Crippen molar-refractivity contribution in [2.75, 3.05) is 0 Å². The van der Waals surface area contributed by atoms with Crippen molar-refractivity contribution in [2.24, 2.45) is 40.4 Å². The molecule has 0 heterocycles. The van der Waals surface area contributed by atoms with Crippen molar-refractivity contribution in [3.05, 3.63) is 28.3 Å². The van der Waals surface area contributed by atoms with Crippen LogP contribution in [0.25, 0.3) is 0 Å². The number of carbonyl (C=O) groups excluding carboxylic acids is 5. The van der Waals surface area contributed by atoms with E-state index in [4.69, 9.17) is 0 Å². The standard InChI is InChI=1S/C33H44O7/c1-15(2)10-11-19-12-20(16(3)4)21-13-31(8)14-32(9)24(17(5)6)27(36)22(18(7)34)29(38)33(32,40)30(39)25(31)28(37)23(21)26(19)35/h12,15-17,22,24-25,35,40H,10-11,13-14H2,1-9H3/t22?,24?,25?,31-,32-,33+/m1/s1. The van der Waals surface area contributed by atoms with Gasteiger partial charge < -0.3 is 10.2 Å². The predicted molar refractivity (Wildman–Crippen MR) is 150 cm³/mol. The van der Waals surface area contributed by atoms with Gasteiger partial charge in [0.05, 0.1) is 11.5 Å². The summed E-state index contributed by atoms with van der Waals surface area (Å²) >= 11 is 0. The van der Waals surface area contributed by atoms with E-state index < -0.39 is 63.1 Å². The summed E-state index contributed by atoms with van der Waals surface area (Å²) < 4.78 is 0. The molecular weight excluding hydrogens is 508 g/mol. The van der Waals surface area contributed by atoms with Gasteiger partial charge in [0.2, 0.25) is 0 Å². The minimum atomic E-state index is -2.67. The fourth-order valence-electron chi connectivity index (χ4n) is 8.44. The van der Waals surface area contributed by atoms with Gasteiger partial charge >= 0.3 is 0 Å². The molecule has 3 aliphatic rings. The molecule has 0 bridgehead atoms. The lowest BCUT2D eigenvalue weighted by atomic mass is 9.39. The number of aliphatic hydroxyl groups is 1. The van der Waals surface area contributed by atoms with Crippen LogP contribution in [0.1, 0.15) is 108 Å². The number of phenolic OH excluding ortho intramolecular Hbond substituents is 1. The van der Waals surface area contributed by atoms with Gasteiger partial charge in [0, 0.05) is 11.3 Å². The summed E-state index contributed by atoms with van der Waals surface area (Å²) in [6.07, 6.45) is 1.72. The molecule has 0 saturated heterocycles. The second-order valence-corrected chi connectivity index (χ2v) is 14.2. The minimum Gasteiger partial charge on any atom is -0.507 e. The zero-order chi connectivity index (χ0) is 30.3. The van der Waals surface area contributed by atoms with E-state index in [2.05, 4.69) is 13.8 Å². The van der Waals surface area contributed by atoms with Crippen LogP contribution in [0.15, 0.2) is 6.07 Å². The maximum absolute atomic E-state index is 14.4. The molecule has 6 atom stereocenters. The predicted octanol–water partition coefficient (Wildman–Crippen LogP) is 4.80. The molecule has 2 saturated carbocycles. The Morgan fingerprint density at radius 2 is 1.62 bits per heavy atom. The molecule has 7 nitrogen and oxygen atoms in total. The molecule has 3 aliphatic carbocycles. The van der Waals surface area contributed by atoms with Gasteiger partial charge in [0.1, 0.15) is 17.5 Å². The van der Waals surface area contributed by atoms with Crippen LogP contribution >= 0.6 is 0 Å². The number of aryl methyl sites for hydroxylation is 1. The molecule has 1 aromatic rings. The summed E-state index contributed by atoms with van der Waals surface area (Å²) in [5.41, 5.74) is -2.79. The zero-order valence-electron chi connectivity index (χ0n) is 25.3. The van der Waals surface area contributed by atoms with Crippen LogP contribution < -0.4 is 0 Å². The monoisotopic (exact) mass is 552 g/mol. The van der Waals surface area contributed by atoms with Crippen LogP contribution in [-0.2, 0) is 32.0 Å². The topological polar surface area (TPSA) is 126 Å². The highest BCUT2D eigenvalue weighted by atomic mass is 16.3. The van der Waals surface area contributed by atoms with Crippen LogP contribution in [0.4, 0.5) is 0 Å². The molecule has 3 unspecified atom stereocenters. The molecule has 2 fully saturated rings. The summed E-state index contributed by atoms with van der Waals surface area (Å²) in [4.78, 5) is 68.7. The first kappa shape index (κ1) is 30.3. The Morgan fingerprint density at radius 3 is 2.12 bits per heavy atom. The average molecular weight is 553 g/mol. The molecule has 7 heteroatoms. The van der Waals surface area contributed by atoms with Crippen molar-refractivity contribution in [3.8, 4) is 5.75 Å². The van der Waals surface area contributed by atoms with Crippen molar-refractivity contribution >= 4 is 28.9 Å². The number of hydrogen-bond donors (Lipinski definition) is 2. The number of hydrogen-bond acceptors (Lipinski definition) is 7. The summed E-state index contributed by atoms with van der Waals surface area (Å²) in [6, 6.07) is 1.98. The van der Waals surface area contributed by atoms with Gasteiger partial charge in [-0.2, -0.15) is 0 Å². The first-order valence-electron chi connectivity index (χ1n) is 14.6. The smallest absolute Gasteiger partial charge is 0.190 e. The Morgan fingerprint density at radius 1 is 1.02 bits per heavy atom.